The molecule has 47 heavy (non-hydrogen) atoms. The summed E-state index contributed by atoms with van der Waals surface area (Å²) in [6.07, 6.45) is 0. The highest BCUT2D eigenvalue weighted by Gasteiger charge is 2.28. The Balaban J connectivity index is 1.28. The normalized spacial score (nSPS) is 17.4. The molecular weight excluding hydrogens is 578 g/mol. The molecule has 0 radical (unpaired) electrons. The molecule has 0 saturated heterocycles. The number of hydrogen-bond donors (Lipinski definition) is 1. The molecule has 0 amide bonds. The first-order chi connectivity index (χ1) is 23.3. The van der Waals surface area contributed by atoms with E-state index in [-0.39, 0.29) is 12.1 Å². The summed E-state index contributed by atoms with van der Waals surface area (Å²) in [5.74, 6) is 1.30. The van der Waals surface area contributed by atoms with E-state index in [0.29, 0.717) is 25.0 Å². The van der Waals surface area contributed by atoms with Gasteiger partial charge in [0.1, 0.15) is 25.3 Å². The molecular formula is C42H31N3O2. The summed E-state index contributed by atoms with van der Waals surface area (Å²) in [5, 5.41) is 2.20. The van der Waals surface area contributed by atoms with Gasteiger partial charge in [-0.15, -0.1) is 0 Å². The molecule has 9 rings (SSSR count). The molecule has 2 aliphatic heterocycles. The molecule has 6 aromatic carbocycles. The summed E-state index contributed by atoms with van der Waals surface area (Å²) in [6.45, 7) is 1.01. The molecule has 0 saturated carbocycles. The molecule has 0 fully saturated rings. The minimum atomic E-state index is -0.0533. The summed E-state index contributed by atoms with van der Waals surface area (Å²) in [4.78, 5) is 14.1. The fourth-order valence-electron chi connectivity index (χ4n) is 6.77. The number of nitrogens with zero attached hydrogens (tertiary/aromatic N) is 2. The van der Waals surface area contributed by atoms with Gasteiger partial charge in [-0.2, -0.15) is 0 Å². The summed E-state index contributed by atoms with van der Waals surface area (Å²) in [7, 11) is 0. The van der Waals surface area contributed by atoms with E-state index in [1.165, 1.54) is 0 Å². The van der Waals surface area contributed by atoms with Gasteiger partial charge >= 0.3 is 0 Å². The van der Waals surface area contributed by atoms with Gasteiger partial charge in [0.15, 0.2) is 0 Å². The van der Waals surface area contributed by atoms with Gasteiger partial charge in [0.05, 0.1) is 22.2 Å². The zero-order valence-electron chi connectivity index (χ0n) is 25.6. The van der Waals surface area contributed by atoms with Gasteiger partial charge < -0.3 is 14.5 Å². The number of H-pyrrole nitrogens is 1. The highest BCUT2D eigenvalue weighted by molar-refractivity contribution is 6.21. The molecule has 5 nitrogen and oxygen atoms in total. The van der Waals surface area contributed by atoms with Crippen LogP contribution in [-0.4, -0.2) is 30.0 Å². The van der Waals surface area contributed by atoms with Crippen molar-refractivity contribution in [3.8, 4) is 22.3 Å². The lowest BCUT2D eigenvalue weighted by atomic mass is 9.96. The number of aromatic amines is 1. The quantitative estimate of drug-likeness (QED) is 0.204. The monoisotopic (exact) mass is 609 g/mol. The minimum absolute atomic E-state index is 0.0533. The first-order valence-corrected chi connectivity index (χ1v) is 16.0. The fourth-order valence-corrected chi connectivity index (χ4v) is 6.77. The Bertz CT molecular complexity index is 2130. The van der Waals surface area contributed by atoms with Crippen LogP contribution in [0.5, 0.6) is 0 Å². The lowest BCUT2D eigenvalue weighted by molar-refractivity contribution is 0.320. The van der Waals surface area contributed by atoms with Gasteiger partial charge in [0.2, 0.25) is 11.8 Å². The van der Waals surface area contributed by atoms with E-state index in [1.54, 1.807) is 0 Å². The molecule has 1 N–H and O–H groups in total. The topological polar surface area (TPSA) is 59.0 Å². The van der Waals surface area contributed by atoms with Crippen LogP contribution < -0.4 is 0 Å². The van der Waals surface area contributed by atoms with Crippen LogP contribution in [0.4, 0.5) is 0 Å². The Morgan fingerprint density at radius 2 is 0.830 bits per heavy atom. The molecule has 0 bridgehead atoms. The smallest absolute Gasteiger partial charge is 0.219 e. The van der Waals surface area contributed by atoms with Crippen LogP contribution in [0.2, 0.25) is 0 Å². The van der Waals surface area contributed by atoms with Crippen LogP contribution >= 0.6 is 0 Å². The van der Waals surface area contributed by atoms with Crippen molar-refractivity contribution < 1.29 is 9.47 Å². The molecule has 7 aromatic rings. The van der Waals surface area contributed by atoms with E-state index in [4.69, 9.17) is 19.5 Å². The van der Waals surface area contributed by atoms with Gasteiger partial charge in [-0.05, 0) is 57.6 Å². The molecule has 0 unspecified atom stereocenters. The summed E-state index contributed by atoms with van der Waals surface area (Å²) in [5.41, 5.74) is 10.6. The predicted octanol–water partition coefficient (Wildman–Crippen LogP) is 9.69. The van der Waals surface area contributed by atoms with Gasteiger partial charge in [0.25, 0.3) is 0 Å². The zero-order valence-corrected chi connectivity index (χ0v) is 25.6. The van der Waals surface area contributed by atoms with Crippen LogP contribution in [0.1, 0.15) is 34.3 Å². The highest BCUT2D eigenvalue weighted by atomic mass is 16.5. The zero-order chi connectivity index (χ0) is 31.2. The van der Waals surface area contributed by atoms with Gasteiger partial charge in [-0.3, -0.25) is 0 Å². The number of fused-ring (bicyclic) bond motifs is 3. The fraction of sp³-hybridized carbons (Fsp3) is 0.0952. The van der Waals surface area contributed by atoms with E-state index in [2.05, 4.69) is 126 Å². The second-order valence-electron chi connectivity index (χ2n) is 12.1. The van der Waals surface area contributed by atoms with Crippen LogP contribution in [0.3, 0.4) is 0 Å². The highest BCUT2D eigenvalue weighted by Crippen LogP contribution is 2.39. The van der Waals surface area contributed by atoms with Crippen molar-refractivity contribution in [1.29, 1.82) is 0 Å². The Morgan fingerprint density at radius 3 is 1.23 bits per heavy atom. The molecule has 2 aliphatic rings. The Morgan fingerprint density at radius 1 is 0.447 bits per heavy atom. The third kappa shape index (κ3) is 4.97. The van der Waals surface area contributed by atoms with Crippen molar-refractivity contribution in [1.82, 2.24) is 4.98 Å². The van der Waals surface area contributed by atoms with E-state index in [9.17, 15) is 0 Å². The van der Waals surface area contributed by atoms with E-state index in [1.807, 2.05) is 24.3 Å². The van der Waals surface area contributed by atoms with Gasteiger partial charge in [-0.25, -0.2) is 9.98 Å². The van der Waals surface area contributed by atoms with E-state index >= 15 is 0 Å². The molecule has 2 atom stereocenters. The standard InChI is InChI=1S/C42H31N3O2/c1-5-13-27(14-6-1)31-21-33-34-22-32(28-15-7-2-8-16-28)24-36(42-44-38(26-47-42)30-19-11-4-12-20-30)40(34)45-39(33)35(23-31)41-43-37(25-46-41)29-17-9-3-10-18-29/h1-24,37-38,45H,25-26H2/t37-,38-/m1/s1. The Kier molecular flexibility index (Phi) is 6.67. The number of ether oxygens (including phenoxy) is 2. The molecule has 0 spiro atoms. The van der Waals surface area contributed by atoms with Crippen molar-refractivity contribution in [3.63, 3.8) is 0 Å². The molecule has 0 aliphatic carbocycles. The molecule has 5 heteroatoms. The van der Waals surface area contributed by atoms with Crippen molar-refractivity contribution in [2.24, 2.45) is 9.98 Å². The first-order valence-electron chi connectivity index (χ1n) is 16.0. The SMILES string of the molecule is c1ccc(-c2cc(C3=N[C@@H](c4ccccc4)CO3)c3[nH]c4c(C5=N[C@@H](c6ccccc6)CO5)cc(-c5ccccc5)cc4c3c2)cc1. The van der Waals surface area contributed by atoms with E-state index in [0.717, 1.165) is 66.3 Å². The van der Waals surface area contributed by atoms with Crippen molar-refractivity contribution in [3.05, 3.63) is 168 Å². The lowest BCUT2D eigenvalue weighted by Crippen LogP contribution is -2.03. The number of hydrogen-bond acceptors (Lipinski definition) is 4. The number of nitrogens with one attached hydrogen (secondary N) is 1. The lowest BCUT2D eigenvalue weighted by Gasteiger charge is -2.09. The predicted molar refractivity (Wildman–Crippen MR) is 190 cm³/mol. The number of rotatable bonds is 6. The largest absolute Gasteiger partial charge is 0.475 e. The minimum Gasteiger partial charge on any atom is -0.475 e. The first kappa shape index (κ1) is 27.4. The third-order valence-corrected chi connectivity index (χ3v) is 9.16. The summed E-state index contributed by atoms with van der Waals surface area (Å²) < 4.78 is 12.7. The maximum atomic E-state index is 6.37. The molecule has 1 aromatic heterocycles. The van der Waals surface area contributed by atoms with Crippen LogP contribution in [0, 0.1) is 0 Å². The van der Waals surface area contributed by atoms with Crippen LogP contribution in [-0.2, 0) is 9.47 Å². The maximum Gasteiger partial charge on any atom is 0.219 e. The average molecular weight is 610 g/mol. The Hall–Kier alpha value is -5.94. The van der Waals surface area contributed by atoms with Crippen molar-refractivity contribution >= 4 is 33.6 Å². The van der Waals surface area contributed by atoms with Crippen molar-refractivity contribution in [2.45, 2.75) is 12.1 Å². The number of aromatic nitrogens is 1. The van der Waals surface area contributed by atoms with Crippen LogP contribution in [0.25, 0.3) is 44.1 Å². The Labute approximate surface area is 272 Å². The number of benzene rings is 6. The average Bonchev–Trinajstić information content (AvgIpc) is 3.92. The van der Waals surface area contributed by atoms with Crippen LogP contribution in [0.15, 0.2) is 156 Å². The maximum absolute atomic E-state index is 6.37. The second kappa shape index (κ2) is 11.5. The molecule has 3 heterocycles. The van der Waals surface area contributed by atoms with Gasteiger partial charge in [0, 0.05) is 10.8 Å². The molecule has 226 valence electrons. The van der Waals surface area contributed by atoms with Gasteiger partial charge in [-0.1, -0.05) is 121 Å². The van der Waals surface area contributed by atoms with E-state index < -0.39 is 0 Å². The number of aliphatic imine (C=N–C) groups is 2. The summed E-state index contributed by atoms with van der Waals surface area (Å²) >= 11 is 0. The van der Waals surface area contributed by atoms with Crippen molar-refractivity contribution in [2.75, 3.05) is 13.2 Å². The third-order valence-electron chi connectivity index (χ3n) is 9.16. The summed E-state index contributed by atoms with van der Waals surface area (Å²) in [6, 6.07) is 50.6. The second-order valence-corrected chi connectivity index (χ2v) is 12.1.